The van der Waals surface area contributed by atoms with E-state index in [2.05, 4.69) is 9.97 Å². The predicted molar refractivity (Wildman–Crippen MR) is 106 cm³/mol. The molecule has 6 nitrogen and oxygen atoms in total. The number of thiophene rings is 1. The molecule has 0 bridgehead atoms. The number of H-pyrrole nitrogens is 1. The summed E-state index contributed by atoms with van der Waals surface area (Å²) in [6.45, 7) is 5.13. The Hall–Kier alpha value is -2.67. The predicted octanol–water partition coefficient (Wildman–Crippen LogP) is 3.67. The van der Waals surface area contributed by atoms with Crippen LogP contribution in [0.25, 0.3) is 10.2 Å². The van der Waals surface area contributed by atoms with Gasteiger partial charge in [-0.05, 0) is 49.9 Å². The van der Waals surface area contributed by atoms with Gasteiger partial charge in [-0.25, -0.2) is 4.98 Å². The van der Waals surface area contributed by atoms with Crippen LogP contribution in [0, 0.1) is 6.92 Å². The average Bonchev–Trinajstić information content (AvgIpc) is 3.28. The summed E-state index contributed by atoms with van der Waals surface area (Å²) in [7, 11) is 0. The zero-order valence-electron chi connectivity index (χ0n) is 15.3. The van der Waals surface area contributed by atoms with Gasteiger partial charge >= 0.3 is 0 Å². The van der Waals surface area contributed by atoms with Crippen molar-refractivity contribution in [3.63, 3.8) is 0 Å². The fraction of sp³-hybridized carbons (Fsp3) is 0.350. The molecule has 1 aromatic carbocycles. The first-order valence-corrected chi connectivity index (χ1v) is 9.92. The number of rotatable bonds is 4. The van der Waals surface area contributed by atoms with Crippen molar-refractivity contribution in [3.8, 4) is 5.75 Å². The first-order chi connectivity index (χ1) is 13.1. The van der Waals surface area contributed by atoms with Crippen LogP contribution in [0.4, 0.5) is 0 Å². The molecule has 0 aliphatic carbocycles. The van der Waals surface area contributed by atoms with E-state index in [1.54, 1.807) is 0 Å². The largest absolute Gasteiger partial charge is 0.494 e. The number of ether oxygens (including phenoxy) is 1. The van der Waals surface area contributed by atoms with E-state index >= 15 is 0 Å². The molecular weight excluding hydrogens is 362 g/mol. The Kier molecular flexibility index (Phi) is 4.70. The van der Waals surface area contributed by atoms with Crippen molar-refractivity contribution >= 4 is 27.5 Å². The normalized spacial score (nSPS) is 16.8. The van der Waals surface area contributed by atoms with Crippen LogP contribution in [0.5, 0.6) is 5.75 Å². The third-order valence-electron chi connectivity index (χ3n) is 5.02. The van der Waals surface area contributed by atoms with Crippen molar-refractivity contribution in [1.29, 1.82) is 0 Å². The van der Waals surface area contributed by atoms with Gasteiger partial charge in [-0.1, -0.05) is 12.1 Å². The highest BCUT2D eigenvalue weighted by atomic mass is 32.1. The number of nitrogens with one attached hydrogen (secondary N) is 1. The summed E-state index contributed by atoms with van der Waals surface area (Å²) < 4.78 is 5.51. The van der Waals surface area contributed by atoms with Crippen LogP contribution in [0.2, 0.25) is 0 Å². The van der Waals surface area contributed by atoms with Gasteiger partial charge in [0, 0.05) is 6.54 Å². The van der Waals surface area contributed by atoms with Gasteiger partial charge in [-0.2, -0.15) is 0 Å². The molecule has 2 aromatic heterocycles. The maximum absolute atomic E-state index is 13.3. The standard InChI is InChI=1S/C20H21N3O3S/c1-3-26-14-8-6-13(7-9-14)15-5-4-10-23(15)20(25)17-12(2)16-18(24)21-11-22-19(16)27-17/h6-9,11,15H,3-5,10H2,1-2H3,(H,21,22,24)/t15-/m1/s1. The summed E-state index contributed by atoms with van der Waals surface area (Å²) in [6, 6.07) is 8.02. The molecule has 1 aliphatic heterocycles. The molecule has 0 radical (unpaired) electrons. The monoisotopic (exact) mass is 383 g/mol. The Morgan fingerprint density at radius 1 is 1.37 bits per heavy atom. The maximum Gasteiger partial charge on any atom is 0.264 e. The van der Waals surface area contributed by atoms with Gasteiger partial charge in [0.15, 0.2) is 0 Å². The van der Waals surface area contributed by atoms with Crippen LogP contribution in [0.15, 0.2) is 35.4 Å². The number of carbonyl (C=O) groups is 1. The molecular formula is C20H21N3O3S. The van der Waals surface area contributed by atoms with Gasteiger partial charge in [0.25, 0.3) is 11.5 Å². The number of benzene rings is 1. The second kappa shape index (κ2) is 7.15. The average molecular weight is 383 g/mol. The summed E-state index contributed by atoms with van der Waals surface area (Å²) in [5.74, 6) is 0.814. The molecule has 1 N–H and O–H groups in total. The molecule has 1 atom stereocenters. The zero-order chi connectivity index (χ0) is 19.0. The Morgan fingerprint density at radius 2 is 2.15 bits per heavy atom. The van der Waals surface area contributed by atoms with Crippen molar-refractivity contribution in [1.82, 2.24) is 14.9 Å². The minimum Gasteiger partial charge on any atom is -0.494 e. The van der Waals surface area contributed by atoms with E-state index < -0.39 is 0 Å². The first-order valence-electron chi connectivity index (χ1n) is 9.10. The molecule has 140 valence electrons. The second-order valence-electron chi connectivity index (χ2n) is 6.63. The third-order valence-corrected chi connectivity index (χ3v) is 6.20. The number of nitrogens with zero attached hydrogens (tertiary/aromatic N) is 2. The van der Waals surface area contributed by atoms with Crippen LogP contribution >= 0.6 is 11.3 Å². The highest BCUT2D eigenvalue weighted by molar-refractivity contribution is 7.20. The van der Waals surface area contributed by atoms with E-state index in [4.69, 9.17) is 4.74 Å². The van der Waals surface area contributed by atoms with Crippen LogP contribution in [0.3, 0.4) is 0 Å². The fourth-order valence-electron chi connectivity index (χ4n) is 3.72. The number of aromatic nitrogens is 2. The van der Waals surface area contributed by atoms with E-state index in [1.165, 1.54) is 17.7 Å². The van der Waals surface area contributed by atoms with Gasteiger partial charge in [-0.15, -0.1) is 11.3 Å². The molecule has 3 aromatic rings. The first kappa shape index (κ1) is 17.7. The summed E-state index contributed by atoms with van der Waals surface area (Å²) in [5.41, 5.74) is 1.63. The van der Waals surface area contributed by atoms with Gasteiger partial charge in [0.2, 0.25) is 0 Å². The molecule has 0 spiro atoms. The lowest BCUT2D eigenvalue weighted by molar-refractivity contribution is 0.0740. The van der Waals surface area contributed by atoms with E-state index in [-0.39, 0.29) is 17.5 Å². The smallest absolute Gasteiger partial charge is 0.264 e. The van der Waals surface area contributed by atoms with Gasteiger partial charge in [-0.3, -0.25) is 9.59 Å². The molecule has 1 fully saturated rings. The van der Waals surface area contributed by atoms with Crippen molar-refractivity contribution in [3.05, 3.63) is 57.0 Å². The van der Waals surface area contributed by atoms with Gasteiger partial charge in [0.05, 0.1) is 29.2 Å². The number of aryl methyl sites for hydroxylation is 1. The Labute approximate surface area is 160 Å². The van der Waals surface area contributed by atoms with Crippen molar-refractivity contribution in [2.24, 2.45) is 0 Å². The molecule has 7 heteroatoms. The number of amides is 1. The molecule has 1 aliphatic rings. The fourth-order valence-corrected chi connectivity index (χ4v) is 4.83. The highest BCUT2D eigenvalue weighted by Crippen LogP contribution is 2.36. The second-order valence-corrected chi connectivity index (χ2v) is 7.63. The minimum absolute atomic E-state index is 0.0220. The van der Waals surface area contributed by atoms with Gasteiger partial charge < -0.3 is 14.6 Å². The lowest BCUT2D eigenvalue weighted by atomic mass is 10.0. The molecule has 27 heavy (non-hydrogen) atoms. The number of hydrogen-bond donors (Lipinski definition) is 1. The number of fused-ring (bicyclic) bond motifs is 1. The highest BCUT2D eigenvalue weighted by Gasteiger charge is 2.32. The lowest BCUT2D eigenvalue weighted by Crippen LogP contribution is -2.30. The van der Waals surface area contributed by atoms with Crippen molar-refractivity contribution < 1.29 is 9.53 Å². The van der Waals surface area contributed by atoms with E-state index in [0.717, 1.165) is 24.2 Å². The summed E-state index contributed by atoms with van der Waals surface area (Å²) in [6.07, 6.45) is 3.28. The van der Waals surface area contributed by atoms with E-state index in [1.807, 2.05) is 43.0 Å². The van der Waals surface area contributed by atoms with Crippen molar-refractivity contribution in [2.75, 3.05) is 13.2 Å². The third kappa shape index (κ3) is 3.12. The van der Waals surface area contributed by atoms with Crippen LogP contribution < -0.4 is 10.3 Å². The molecule has 0 saturated carbocycles. The summed E-state index contributed by atoms with van der Waals surface area (Å²) in [4.78, 5) is 35.3. The molecule has 0 unspecified atom stereocenters. The quantitative estimate of drug-likeness (QED) is 0.746. The Morgan fingerprint density at radius 3 is 2.85 bits per heavy atom. The number of carbonyl (C=O) groups excluding carboxylic acids is 1. The topological polar surface area (TPSA) is 75.3 Å². The van der Waals surface area contributed by atoms with Crippen LogP contribution in [-0.4, -0.2) is 33.9 Å². The minimum atomic E-state index is -0.197. The van der Waals surface area contributed by atoms with Crippen LogP contribution in [0.1, 0.15) is 46.6 Å². The molecule has 4 rings (SSSR count). The van der Waals surface area contributed by atoms with E-state index in [0.29, 0.717) is 33.8 Å². The summed E-state index contributed by atoms with van der Waals surface area (Å²) >= 11 is 1.30. The lowest BCUT2D eigenvalue weighted by Gasteiger charge is -2.25. The van der Waals surface area contributed by atoms with Crippen LogP contribution in [-0.2, 0) is 0 Å². The molecule has 1 amide bonds. The van der Waals surface area contributed by atoms with Crippen molar-refractivity contribution in [2.45, 2.75) is 32.7 Å². The van der Waals surface area contributed by atoms with Gasteiger partial charge in [0.1, 0.15) is 10.6 Å². The maximum atomic E-state index is 13.3. The number of aromatic amines is 1. The Balaban J connectivity index is 1.66. The molecule has 1 saturated heterocycles. The molecule has 3 heterocycles. The Bertz CT molecular complexity index is 1040. The summed E-state index contributed by atoms with van der Waals surface area (Å²) in [5, 5.41) is 0.516. The zero-order valence-corrected chi connectivity index (χ0v) is 16.1. The number of likely N-dealkylation sites (tertiary alicyclic amines) is 1. The number of hydrogen-bond acceptors (Lipinski definition) is 5. The van der Waals surface area contributed by atoms with E-state index in [9.17, 15) is 9.59 Å². The SMILES string of the molecule is CCOc1ccc([C@H]2CCCN2C(=O)c2sc3nc[nH]c(=O)c3c2C)cc1.